The van der Waals surface area contributed by atoms with Crippen molar-refractivity contribution in [3.05, 3.63) is 6.43 Å². The minimum atomic E-state index is -8.55. The van der Waals surface area contributed by atoms with Gasteiger partial charge in [-0.15, -0.1) is 17.0 Å². The van der Waals surface area contributed by atoms with Crippen molar-refractivity contribution in [3.63, 3.8) is 0 Å². The summed E-state index contributed by atoms with van der Waals surface area (Å²) in [6, 6.07) is 0. The molecule has 0 aromatic heterocycles. The zero-order valence-electron chi connectivity index (χ0n) is 11.9. The maximum Gasteiger partial charge on any atom is 2.00 e. The van der Waals surface area contributed by atoms with E-state index >= 15 is 0 Å². The molecule has 0 amide bonds. The van der Waals surface area contributed by atoms with Crippen molar-refractivity contribution >= 4 is 40.0 Å². The van der Waals surface area contributed by atoms with Gasteiger partial charge in [-0.3, -0.25) is 0 Å². The van der Waals surface area contributed by atoms with E-state index in [4.69, 9.17) is 0 Å². The van der Waals surface area contributed by atoms with E-state index in [-0.39, 0.29) is 44.7 Å². The van der Waals surface area contributed by atoms with Gasteiger partial charge in [0.15, 0.2) is 0 Å². The molecule has 0 bridgehead atoms. The minimum absolute atomic E-state index is 0. The summed E-state index contributed by atoms with van der Waals surface area (Å²) in [5, 5.41) is 0. The molecule has 0 aliphatic heterocycles. The smallest absolute Gasteiger partial charge is 1.00 e. The summed E-state index contributed by atoms with van der Waals surface area (Å²) in [6.45, 7) is 0. The van der Waals surface area contributed by atoms with E-state index < -0.39 is 48.1 Å². The maximum atomic E-state index is 12.7. The molecule has 0 aromatic rings. The molecule has 0 unspecified atom stereocenters. The summed E-state index contributed by atoms with van der Waals surface area (Å²) in [7, 11) is 0. The average Bonchev–Trinajstić information content (AvgIpc) is 2.35. The summed E-state index contributed by atoms with van der Waals surface area (Å²) < 4.78 is 209. The molecule has 0 radical (unpaired) electrons. The van der Waals surface area contributed by atoms with Crippen LogP contribution in [0.4, 0.5) is 74.6 Å². The Morgan fingerprint density at radius 3 is 0.857 bits per heavy atom. The molecule has 0 atom stereocenters. The summed E-state index contributed by atoms with van der Waals surface area (Å²) >= 11 is 0. The molecule has 0 saturated carbocycles. The first-order chi connectivity index (χ1) is 10.4. The fourth-order valence-electron chi connectivity index (χ4n) is 1.09. The van der Waals surface area contributed by atoms with Gasteiger partial charge in [-0.1, -0.05) is 0 Å². The zero-order valence-corrected chi connectivity index (χ0v) is 15.0. The molecule has 28 heavy (non-hydrogen) atoms. The van der Waals surface area contributed by atoms with Gasteiger partial charge in [-0.05, 0) is 0 Å². The fraction of sp³-hybridized carbons (Fsp3) is 0.875. The van der Waals surface area contributed by atoms with Crippen LogP contribution in [0.2, 0.25) is 0 Å². The molecule has 0 aliphatic rings. The van der Waals surface area contributed by atoms with Crippen LogP contribution in [0.25, 0.3) is 0 Å². The van der Waals surface area contributed by atoms with Crippen molar-refractivity contribution in [2.24, 2.45) is 0 Å². The third kappa shape index (κ3) is 4.51. The third-order valence-corrected chi connectivity index (χ3v) is 2.57. The Morgan fingerprint density at radius 2 is 0.643 bits per heavy atom. The zero-order chi connectivity index (χ0) is 21.1. The predicted octanol–water partition coefficient (Wildman–Crippen LogP) is 2.99. The van der Waals surface area contributed by atoms with Crippen LogP contribution in [-0.4, -0.2) is 64.8 Å². The van der Waals surface area contributed by atoms with E-state index in [1.807, 2.05) is 0 Å². The summed E-state index contributed by atoms with van der Waals surface area (Å²) in [4.78, 5) is 0. The van der Waals surface area contributed by atoms with Gasteiger partial charge in [-0.25, -0.2) is 8.78 Å². The van der Waals surface area contributed by atoms with Crippen LogP contribution < -0.4 is 4.70 Å². The Bertz CT molecular complexity index is 494. The maximum absolute atomic E-state index is 12.7. The van der Waals surface area contributed by atoms with E-state index in [0.717, 1.165) is 0 Å². The van der Waals surface area contributed by atoms with E-state index in [2.05, 4.69) is 0 Å². The van der Waals surface area contributed by atoms with Crippen LogP contribution in [0.3, 0.4) is 0 Å². The van der Waals surface area contributed by atoms with Gasteiger partial charge in [0.1, 0.15) is 0 Å². The molecule has 0 rings (SSSR count). The van der Waals surface area contributed by atoms with Gasteiger partial charge in [0.2, 0.25) is 0 Å². The Morgan fingerprint density at radius 1 is 0.429 bits per heavy atom. The molecule has 0 nitrogen and oxygen atoms in total. The van der Waals surface area contributed by atoms with Gasteiger partial charge in [0, 0.05) is 0 Å². The minimum Gasteiger partial charge on any atom is -1.00 e. The predicted molar refractivity (Wildman–Crippen MR) is 57.3 cm³/mol. The van der Waals surface area contributed by atoms with Crippen molar-refractivity contribution in [2.75, 3.05) is 0 Å². The monoisotopic (exact) mass is 542 g/mol. The van der Waals surface area contributed by atoms with Gasteiger partial charge in [0.05, 0.1) is 6.43 Å². The second-order valence-corrected chi connectivity index (χ2v) is 4.20. The van der Waals surface area contributed by atoms with Crippen molar-refractivity contribution < 1.29 is 79.3 Å². The number of hydrogen-bond donors (Lipinski definition) is 0. The summed E-state index contributed by atoms with van der Waals surface area (Å²) in [5.74, 6) is -49.4. The molecule has 0 N–H and O–H groups in total. The van der Waals surface area contributed by atoms with E-state index in [1.54, 1.807) is 0 Å². The van der Waals surface area contributed by atoms with E-state index in [1.165, 1.54) is 0 Å². The molecule has 0 heterocycles. The quantitative estimate of drug-likeness (QED) is 0.275. The molecule has 168 valence electrons. The second kappa shape index (κ2) is 9.00. The standard InChI is InChI=1S/C8F17.BrH.FH.Mg/c9-1(10)2(11,12)3(13,14)4(15,16)5(17,18)6(19,20)7(21,22)8(23,24)25;;;/h;2*1H;/q-1;;;+2/p-1. The Hall–Kier alpha value is -0.0138. The molecule has 0 spiro atoms. The molecular weight excluding hydrogens is 542 g/mol. The van der Waals surface area contributed by atoms with Gasteiger partial charge < -0.3 is 13.5 Å². The summed E-state index contributed by atoms with van der Waals surface area (Å²) in [5.41, 5.74) is 0. The fourth-order valence-corrected chi connectivity index (χ4v) is 1.09. The van der Waals surface area contributed by atoms with Crippen LogP contribution >= 0.6 is 17.0 Å². The van der Waals surface area contributed by atoms with E-state index in [0.29, 0.717) is 0 Å². The first kappa shape index (κ1) is 35.4. The second-order valence-electron chi connectivity index (χ2n) is 4.20. The van der Waals surface area contributed by atoms with Crippen LogP contribution in [-0.2, 0) is 0 Å². The average molecular weight is 543 g/mol. The van der Waals surface area contributed by atoms with Crippen molar-refractivity contribution in [2.45, 2.75) is 41.7 Å². The molecule has 0 saturated heterocycles. The van der Waals surface area contributed by atoms with Gasteiger partial charge in [-0.2, -0.15) is 57.1 Å². The van der Waals surface area contributed by atoms with Crippen LogP contribution in [0.1, 0.15) is 0 Å². The first-order valence-corrected chi connectivity index (χ1v) is 4.96. The third-order valence-electron chi connectivity index (χ3n) is 2.57. The number of alkyl halides is 15. The molecule has 20 heteroatoms. The Labute approximate surface area is 168 Å². The van der Waals surface area contributed by atoms with Gasteiger partial charge in [0.25, 0.3) is 5.92 Å². The number of rotatable bonds is 6. The van der Waals surface area contributed by atoms with Crippen molar-refractivity contribution in [3.8, 4) is 0 Å². The number of hydrogen-bond acceptors (Lipinski definition) is 0. The largest absolute Gasteiger partial charge is 2.00 e. The van der Waals surface area contributed by atoms with Crippen molar-refractivity contribution in [1.29, 1.82) is 0 Å². The molecule has 0 fully saturated rings. The van der Waals surface area contributed by atoms with Crippen LogP contribution in [0.15, 0.2) is 0 Å². The van der Waals surface area contributed by atoms with Crippen LogP contribution in [0, 0.1) is 6.43 Å². The first-order valence-electron chi connectivity index (χ1n) is 4.96. The topological polar surface area (TPSA) is 0 Å². The Kier molecular flexibility index (Phi) is 11.4. The SMILES string of the molecule is Br.F[C-](F)C(F)(F)C(F)(F)C(F)(F)C(F)(F)C(F)(F)C(F)(F)C(F)(F)F.[F-].[Mg+2]. The van der Waals surface area contributed by atoms with E-state index in [9.17, 15) is 74.6 Å². The molecule has 0 aromatic carbocycles. The normalized spacial score (nSPS) is 14.8. The summed E-state index contributed by atoms with van der Waals surface area (Å²) in [6.07, 6.45) is -12.8. The Balaban J connectivity index is -0.000000960. The molecule has 0 aliphatic carbocycles. The van der Waals surface area contributed by atoms with Crippen molar-refractivity contribution in [1.82, 2.24) is 0 Å². The number of halogens is 19. The van der Waals surface area contributed by atoms with Gasteiger partial charge >= 0.3 is 58.8 Å². The van der Waals surface area contributed by atoms with Crippen LogP contribution in [0.5, 0.6) is 0 Å². The molecular formula is C8HBrF18Mg.